The normalized spacial score (nSPS) is 10.4. The van der Waals surface area contributed by atoms with Gasteiger partial charge in [0.25, 0.3) is 0 Å². The van der Waals surface area contributed by atoms with Crippen LogP contribution in [-0.2, 0) is 7.05 Å². The number of nitrogens with one attached hydrogen (secondary N) is 2. The van der Waals surface area contributed by atoms with Crippen molar-refractivity contribution >= 4 is 17.3 Å². The van der Waals surface area contributed by atoms with E-state index in [1.165, 1.54) is 0 Å². The van der Waals surface area contributed by atoms with Gasteiger partial charge in [-0.25, -0.2) is 15.8 Å². The van der Waals surface area contributed by atoms with Crippen LogP contribution < -0.4 is 16.6 Å². The van der Waals surface area contributed by atoms with Gasteiger partial charge in [0.2, 0.25) is 0 Å². The van der Waals surface area contributed by atoms with Gasteiger partial charge >= 0.3 is 0 Å². The maximum Gasteiger partial charge on any atom is 0.145 e. The van der Waals surface area contributed by atoms with Gasteiger partial charge in [0.1, 0.15) is 17.5 Å². The van der Waals surface area contributed by atoms with E-state index in [1.807, 2.05) is 27.1 Å². The van der Waals surface area contributed by atoms with Crippen molar-refractivity contribution in [3.05, 3.63) is 23.8 Å². The number of nitrogens with zero attached hydrogens (tertiary/aromatic N) is 4. The van der Waals surface area contributed by atoms with Crippen LogP contribution in [0.3, 0.4) is 0 Å². The molecule has 2 aromatic rings. The summed E-state index contributed by atoms with van der Waals surface area (Å²) < 4.78 is 1.74. The van der Waals surface area contributed by atoms with E-state index in [-0.39, 0.29) is 0 Å². The third-order valence-corrected chi connectivity index (χ3v) is 2.26. The molecule has 0 aromatic carbocycles. The standard InChI is InChI=1S/C10H15N7/c1-6-8(5-17(3)16-6)14-9-4-10(15-11)13-7(2)12-9/h4-5H,11H2,1-3H3,(H2,12,13,14,15). The van der Waals surface area contributed by atoms with Crippen molar-refractivity contribution in [1.29, 1.82) is 0 Å². The monoisotopic (exact) mass is 233 g/mol. The first kappa shape index (κ1) is 11.3. The Morgan fingerprint density at radius 2 is 1.94 bits per heavy atom. The van der Waals surface area contributed by atoms with Crippen molar-refractivity contribution in [3.63, 3.8) is 0 Å². The smallest absolute Gasteiger partial charge is 0.145 e. The zero-order valence-corrected chi connectivity index (χ0v) is 10.0. The summed E-state index contributed by atoms with van der Waals surface area (Å²) in [4.78, 5) is 8.39. The van der Waals surface area contributed by atoms with Crippen molar-refractivity contribution in [2.75, 3.05) is 10.7 Å². The number of hydrazine groups is 1. The second-order valence-corrected chi connectivity index (χ2v) is 3.76. The number of hydrogen-bond donors (Lipinski definition) is 3. The molecule has 0 bridgehead atoms. The molecule has 0 unspecified atom stereocenters. The lowest BCUT2D eigenvalue weighted by Crippen LogP contribution is -2.10. The third kappa shape index (κ3) is 2.51. The summed E-state index contributed by atoms with van der Waals surface area (Å²) in [6.07, 6.45) is 1.89. The van der Waals surface area contributed by atoms with Crippen LogP contribution >= 0.6 is 0 Å². The molecule has 0 spiro atoms. The van der Waals surface area contributed by atoms with E-state index in [1.54, 1.807) is 10.7 Å². The summed E-state index contributed by atoms with van der Waals surface area (Å²) in [6, 6.07) is 1.74. The van der Waals surface area contributed by atoms with Gasteiger partial charge in [-0.3, -0.25) is 4.68 Å². The number of nitrogens with two attached hydrogens (primary N) is 1. The molecule has 2 aromatic heterocycles. The fourth-order valence-corrected chi connectivity index (χ4v) is 1.57. The Morgan fingerprint density at radius 1 is 1.24 bits per heavy atom. The number of nitrogen functional groups attached to an aromatic ring is 1. The highest BCUT2D eigenvalue weighted by Crippen LogP contribution is 2.19. The molecular formula is C10H15N7. The van der Waals surface area contributed by atoms with Crippen LogP contribution in [0.5, 0.6) is 0 Å². The SMILES string of the molecule is Cc1nc(NN)cc(Nc2cn(C)nc2C)n1. The number of rotatable bonds is 3. The number of anilines is 3. The molecule has 2 heterocycles. The molecule has 90 valence electrons. The molecule has 4 N–H and O–H groups in total. The van der Waals surface area contributed by atoms with E-state index >= 15 is 0 Å². The molecule has 7 heteroatoms. The minimum Gasteiger partial charge on any atom is -0.337 e. The zero-order chi connectivity index (χ0) is 12.4. The van der Waals surface area contributed by atoms with Crippen molar-refractivity contribution in [2.45, 2.75) is 13.8 Å². The maximum atomic E-state index is 5.33. The Hall–Kier alpha value is -2.15. The quantitative estimate of drug-likeness (QED) is 0.537. The second kappa shape index (κ2) is 4.38. The van der Waals surface area contributed by atoms with Crippen molar-refractivity contribution < 1.29 is 0 Å². The largest absolute Gasteiger partial charge is 0.337 e. The van der Waals surface area contributed by atoms with Crippen molar-refractivity contribution in [3.8, 4) is 0 Å². The molecule has 0 amide bonds. The van der Waals surface area contributed by atoms with E-state index in [4.69, 9.17) is 5.84 Å². The molecule has 0 aliphatic rings. The summed E-state index contributed by atoms with van der Waals surface area (Å²) in [5.74, 6) is 7.23. The summed E-state index contributed by atoms with van der Waals surface area (Å²) in [7, 11) is 1.87. The molecule has 0 aliphatic heterocycles. The molecular weight excluding hydrogens is 218 g/mol. The van der Waals surface area contributed by atoms with Crippen LogP contribution in [0.25, 0.3) is 0 Å². The van der Waals surface area contributed by atoms with Crippen LogP contribution in [0.15, 0.2) is 12.3 Å². The van der Waals surface area contributed by atoms with Crippen LogP contribution in [0.4, 0.5) is 17.3 Å². The van der Waals surface area contributed by atoms with E-state index in [0.29, 0.717) is 17.5 Å². The first-order chi connectivity index (χ1) is 8.08. The molecule has 0 radical (unpaired) electrons. The van der Waals surface area contributed by atoms with Crippen molar-refractivity contribution in [1.82, 2.24) is 19.7 Å². The van der Waals surface area contributed by atoms with Crippen molar-refractivity contribution in [2.24, 2.45) is 12.9 Å². The number of aryl methyl sites for hydroxylation is 3. The molecule has 2 rings (SSSR count). The topological polar surface area (TPSA) is 93.7 Å². The van der Waals surface area contributed by atoms with Crippen LogP contribution in [0.2, 0.25) is 0 Å². The maximum absolute atomic E-state index is 5.33. The molecule has 7 nitrogen and oxygen atoms in total. The lowest BCUT2D eigenvalue weighted by atomic mass is 10.4. The fourth-order valence-electron chi connectivity index (χ4n) is 1.57. The summed E-state index contributed by atoms with van der Waals surface area (Å²) >= 11 is 0. The van der Waals surface area contributed by atoms with E-state index in [0.717, 1.165) is 11.4 Å². The Morgan fingerprint density at radius 3 is 2.53 bits per heavy atom. The van der Waals surface area contributed by atoms with Gasteiger partial charge in [0.15, 0.2) is 0 Å². The summed E-state index contributed by atoms with van der Waals surface area (Å²) in [6.45, 7) is 3.74. The Kier molecular flexibility index (Phi) is 2.92. The highest BCUT2D eigenvalue weighted by atomic mass is 15.3. The predicted molar refractivity (Wildman–Crippen MR) is 65.8 cm³/mol. The minimum atomic E-state index is 0.571. The zero-order valence-electron chi connectivity index (χ0n) is 10.0. The number of aromatic nitrogens is 4. The van der Waals surface area contributed by atoms with Gasteiger partial charge < -0.3 is 10.7 Å². The van der Waals surface area contributed by atoms with E-state index in [2.05, 4.69) is 25.8 Å². The average Bonchev–Trinajstić information content (AvgIpc) is 2.56. The van der Waals surface area contributed by atoms with Gasteiger partial charge in [-0.2, -0.15) is 5.10 Å². The first-order valence-corrected chi connectivity index (χ1v) is 5.18. The van der Waals surface area contributed by atoms with Crippen LogP contribution in [0.1, 0.15) is 11.5 Å². The second-order valence-electron chi connectivity index (χ2n) is 3.76. The van der Waals surface area contributed by atoms with E-state index in [9.17, 15) is 0 Å². The lowest BCUT2D eigenvalue weighted by Gasteiger charge is -2.06. The van der Waals surface area contributed by atoms with Gasteiger partial charge in [0, 0.05) is 19.3 Å². The highest BCUT2D eigenvalue weighted by molar-refractivity contribution is 5.60. The lowest BCUT2D eigenvalue weighted by molar-refractivity contribution is 0.756. The fraction of sp³-hybridized carbons (Fsp3) is 0.300. The third-order valence-electron chi connectivity index (χ3n) is 2.26. The number of hydrogen-bond acceptors (Lipinski definition) is 6. The van der Waals surface area contributed by atoms with E-state index < -0.39 is 0 Å². The Labute approximate surface area is 99.0 Å². The summed E-state index contributed by atoms with van der Waals surface area (Å²) in [5.41, 5.74) is 4.32. The van der Waals surface area contributed by atoms with Gasteiger partial charge in [0.05, 0.1) is 11.4 Å². The highest BCUT2D eigenvalue weighted by Gasteiger charge is 2.06. The predicted octanol–water partition coefficient (Wildman–Crippen LogP) is 0.856. The molecule has 0 atom stereocenters. The average molecular weight is 233 g/mol. The summed E-state index contributed by atoms with van der Waals surface area (Å²) in [5, 5.41) is 7.42. The van der Waals surface area contributed by atoms with Crippen LogP contribution in [-0.4, -0.2) is 19.7 Å². The molecule has 17 heavy (non-hydrogen) atoms. The molecule has 0 fully saturated rings. The Balaban J connectivity index is 2.29. The Bertz CT molecular complexity index is 531. The molecule has 0 saturated carbocycles. The molecule has 0 saturated heterocycles. The van der Waals surface area contributed by atoms with Gasteiger partial charge in [-0.15, -0.1) is 0 Å². The van der Waals surface area contributed by atoms with Gasteiger partial charge in [-0.05, 0) is 13.8 Å². The van der Waals surface area contributed by atoms with Crippen LogP contribution in [0, 0.1) is 13.8 Å². The molecule has 0 aliphatic carbocycles. The van der Waals surface area contributed by atoms with Gasteiger partial charge in [-0.1, -0.05) is 0 Å². The minimum absolute atomic E-state index is 0.571. The first-order valence-electron chi connectivity index (χ1n) is 5.18.